The molecule has 11 heavy (non-hydrogen) atoms. The van der Waals surface area contributed by atoms with Crippen LogP contribution < -0.4 is 0 Å². The summed E-state index contributed by atoms with van der Waals surface area (Å²) in [6, 6.07) is 0. The van der Waals surface area contributed by atoms with E-state index in [4.69, 9.17) is 32.7 Å². The van der Waals surface area contributed by atoms with E-state index in [1.807, 2.05) is 0 Å². The summed E-state index contributed by atoms with van der Waals surface area (Å²) in [7, 11) is 0. The summed E-state index contributed by atoms with van der Waals surface area (Å²) < 4.78 is 10.1. The Balaban J connectivity index is 2.91. The highest BCUT2D eigenvalue weighted by molar-refractivity contribution is 6.19. The van der Waals surface area contributed by atoms with Gasteiger partial charge in [0.1, 0.15) is 11.1 Å². The van der Waals surface area contributed by atoms with Crippen molar-refractivity contribution in [3.63, 3.8) is 0 Å². The molecule has 4 heteroatoms. The molecule has 0 aromatic carbocycles. The summed E-state index contributed by atoms with van der Waals surface area (Å²) in [6.07, 6.45) is 0.828. The van der Waals surface area contributed by atoms with Gasteiger partial charge in [0.2, 0.25) is 0 Å². The molecule has 0 spiro atoms. The van der Waals surface area contributed by atoms with Gasteiger partial charge in [-0.1, -0.05) is 23.2 Å². The Morgan fingerprint density at radius 3 is 1.64 bits per heavy atom. The topological polar surface area (TPSA) is 18.5 Å². The third-order valence-electron chi connectivity index (χ3n) is 0.984. The number of alkyl halides is 2. The lowest BCUT2D eigenvalue weighted by Gasteiger charge is -2.07. The summed E-state index contributed by atoms with van der Waals surface area (Å²) in [5.41, 5.74) is -0.438. The normalized spacial score (nSPS) is 16.4. The molecule has 0 heterocycles. The molecule has 0 N–H and O–H groups in total. The van der Waals surface area contributed by atoms with Crippen LogP contribution in [0.5, 0.6) is 0 Å². The van der Waals surface area contributed by atoms with E-state index in [2.05, 4.69) is 0 Å². The van der Waals surface area contributed by atoms with Crippen molar-refractivity contribution in [2.75, 3.05) is 13.2 Å². The maximum absolute atomic E-state index is 5.53. The third kappa shape index (κ3) is 10.5. The predicted molar refractivity (Wildman–Crippen MR) is 47.2 cm³/mol. The van der Waals surface area contributed by atoms with E-state index < -0.39 is 0 Å². The SMILES string of the molecule is CC(Cl)OCCCOC(C)Cl. The molecule has 2 unspecified atom stereocenters. The second-order valence-corrected chi connectivity index (χ2v) is 3.41. The lowest BCUT2D eigenvalue weighted by atomic mass is 10.5. The largest absolute Gasteiger partial charge is 0.363 e. The molecule has 2 atom stereocenters. The number of hydrogen-bond donors (Lipinski definition) is 0. The van der Waals surface area contributed by atoms with Crippen LogP contribution in [0.15, 0.2) is 0 Å². The molecule has 0 aliphatic heterocycles. The van der Waals surface area contributed by atoms with Gasteiger partial charge in [0, 0.05) is 0 Å². The van der Waals surface area contributed by atoms with Crippen molar-refractivity contribution < 1.29 is 9.47 Å². The maximum atomic E-state index is 5.53. The predicted octanol–water partition coefficient (Wildman–Crippen LogP) is 2.58. The van der Waals surface area contributed by atoms with Gasteiger partial charge in [-0.3, -0.25) is 0 Å². The van der Waals surface area contributed by atoms with E-state index in [-0.39, 0.29) is 11.1 Å². The van der Waals surface area contributed by atoms with Crippen molar-refractivity contribution >= 4 is 23.2 Å². The van der Waals surface area contributed by atoms with Crippen molar-refractivity contribution in [2.24, 2.45) is 0 Å². The Morgan fingerprint density at radius 1 is 1.00 bits per heavy atom. The van der Waals surface area contributed by atoms with E-state index in [1.165, 1.54) is 0 Å². The fraction of sp³-hybridized carbons (Fsp3) is 1.00. The van der Waals surface area contributed by atoms with E-state index in [1.54, 1.807) is 13.8 Å². The zero-order valence-corrected chi connectivity index (χ0v) is 8.36. The number of rotatable bonds is 6. The molecular weight excluding hydrogens is 187 g/mol. The van der Waals surface area contributed by atoms with Crippen LogP contribution in [0.25, 0.3) is 0 Å². The molecule has 0 radical (unpaired) electrons. The monoisotopic (exact) mass is 200 g/mol. The minimum Gasteiger partial charge on any atom is -0.363 e. The molecule has 0 aliphatic rings. The summed E-state index contributed by atoms with van der Waals surface area (Å²) in [5, 5.41) is 0. The first-order chi connectivity index (χ1) is 5.13. The van der Waals surface area contributed by atoms with Gasteiger partial charge in [-0.05, 0) is 20.3 Å². The lowest BCUT2D eigenvalue weighted by Crippen LogP contribution is -2.07. The zero-order valence-electron chi connectivity index (χ0n) is 6.85. The van der Waals surface area contributed by atoms with Crippen LogP contribution in [0.2, 0.25) is 0 Å². The quantitative estimate of drug-likeness (QED) is 0.485. The number of halogens is 2. The van der Waals surface area contributed by atoms with E-state index >= 15 is 0 Å². The molecule has 0 saturated heterocycles. The first kappa shape index (κ1) is 11.5. The van der Waals surface area contributed by atoms with Gasteiger partial charge in [0.05, 0.1) is 13.2 Å². The lowest BCUT2D eigenvalue weighted by molar-refractivity contribution is 0.0687. The Hall–Kier alpha value is 0.500. The van der Waals surface area contributed by atoms with Crippen molar-refractivity contribution in [1.29, 1.82) is 0 Å². The van der Waals surface area contributed by atoms with Crippen molar-refractivity contribution in [3.8, 4) is 0 Å². The zero-order chi connectivity index (χ0) is 8.69. The second kappa shape index (κ2) is 7.17. The maximum Gasteiger partial charge on any atom is 0.128 e. The average Bonchev–Trinajstić information content (AvgIpc) is 1.85. The molecule has 0 fully saturated rings. The summed E-state index contributed by atoms with van der Waals surface area (Å²) in [5.74, 6) is 0. The van der Waals surface area contributed by atoms with Gasteiger partial charge in [-0.25, -0.2) is 0 Å². The molecule has 0 aliphatic carbocycles. The molecule has 0 rings (SSSR count). The second-order valence-electron chi connectivity index (χ2n) is 2.18. The van der Waals surface area contributed by atoms with Crippen LogP contribution in [0.4, 0.5) is 0 Å². The van der Waals surface area contributed by atoms with Crippen molar-refractivity contribution in [3.05, 3.63) is 0 Å². The van der Waals surface area contributed by atoms with Crippen molar-refractivity contribution in [1.82, 2.24) is 0 Å². The Morgan fingerprint density at radius 2 is 1.36 bits per heavy atom. The average molecular weight is 201 g/mol. The molecule has 0 aromatic rings. The van der Waals surface area contributed by atoms with Gasteiger partial charge < -0.3 is 9.47 Å². The minimum absolute atomic E-state index is 0.219. The van der Waals surface area contributed by atoms with Gasteiger partial charge in [-0.2, -0.15) is 0 Å². The molecule has 68 valence electrons. The highest BCUT2D eigenvalue weighted by atomic mass is 35.5. The molecule has 0 bridgehead atoms. The summed E-state index contributed by atoms with van der Waals surface area (Å²) in [4.78, 5) is 0. The van der Waals surface area contributed by atoms with E-state index in [9.17, 15) is 0 Å². The highest BCUT2D eigenvalue weighted by Gasteiger charge is 1.96. The highest BCUT2D eigenvalue weighted by Crippen LogP contribution is 1.99. The van der Waals surface area contributed by atoms with Crippen LogP contribution in [-0.2, 0) is 9.47 Å². The van der Waals surface area contributed by atoms with Gasteiger partial charge in [-0.15, -0.1) is 0 Å². The fourth-order valence-corrected chi connectivity index (χ4v) is 0.729. The number of ether oxygens (including phenoxy) is 2. The summed E-state index contributed by atoms with van der Waals surface area (Å²) >= 11 is 11.1. The van der Waals surface area contributed by atoms with E-state index in [0.29, 0.717) is 13.2 Å². The van der Waals surface area contributed by atoms with Gasteiger partial charge in [0.25, 0.3) is 0 Å². The van der Waals surface area contributed by atoms with Crippen LogP contribution in [0.1, 0.15) is 20.3 Å². The van der Waals surface area contributed by atoms with Crippen molar-refractivity contribution in [2.45, 2.75) is 31.4 Å². The molecule has 0 amide bonds. The fourth-order valence-electron chi connectivity index (χ4n) is 0.550. The molecule has 2 nitrogen and oxygen atoms in total. The third-order valence-corrected chi connectivity index (χ3v) is 1.24. The van der Waals surface area contributed by atoms with Gasteiger partial charge >= 0.3 is 0 Å². The Kier molecular flexibility index (Phi) is 7.49. The first-order valence-corrected chi connectivity index (χ1v) is 4.51. The number of hydrogen-bond acceptors (Lipinski definition) is 2. The molecular formula is C7H14Cl2O2. The standard InChI is InChI=1S/C7H14Cl2O2/c1-6(8)10-4-3-5-11-7(2)9/h6-7H,3-5H2,1-2H3. The first-order valence-electron chi connectivity index (χ1n) is 3.64. The van der Waals surface area contributed by atoms with E-state index in [0.717, 1.165) is 6.42 Å². The van der Waals surface area contributed by atoms with Gasteiger partial charge in [0.15, 0.2) is 0 Å². The Labute approximate surface area is 77.8 Å². The van der Waals surface area contributed by atoms with Crippen LogP contribution in [0, 0.1) is 0 Å². The minimum atomic E-state index is -0.219. The Bertz CT molecular complexity index is 76.5. The van der Waals surface area contributed by atoms with Crippen LogP contribution in [0.3, 0.4) is 0 Å². The van der Waals surface area contributed by atoms with Crippen LogP contribution in [-0.4, -0.2) is 24.3 Å². The smallest absolute Gasteiger partial charge is 0.128 e. The summed E-state index contributed by atoms with van der Waals surface area (Å²) in [6.45, 7) is 4.81. The molecule has 0 aromatic heterocycles. The molecule has 0 saturated carbocycles. The van der Waals surface area contributed by atoms with Crippen LogP contribution >= 0.6 is 23.2 Å².